The van der Waals surface area contributed by atoms with E-state index in [1.807, 2.05) is 0 Å². The Hall–Kier alpha value is -3.89. The molecule has 0 atom stereocenters. The zero-order valence-electron chi connectivity index (χ0n) is 19.1. The van der Waals surface area contributed by atoms with Gasteiger partial charge >= 0.3 is 6.18 Å². The minimum absolute atomic E-state index is 0.165. The maximum absolute atomic E-state index is 13.5. The first-order valence-corrected chi connectivity index (χ1v) is 11.0. The van der Waals surface area contributed by atoms with Gasteiger partial charge in [-0.05, 0) is 51.0 Å². The lowest BCUT2D eigenvalue weighted by atomic mass is 10.0. The molecule has 35 heavy (non-hydrogen) atoms. The van der Waals surface area contributed by atoms with Crippen LogP contribution in [0.3, 0.4) is 0 Å². The standard InChI is InChI=1S/C24H23F3N4O4/c1-14-13-19(32)21(29-31(14)18-6-4-3-5-17(18)24(25,26)27)23(34)30-11-9-16(10-12-30)28-22(33)20-8-7-15(2)35-20/h3-8,13,16H,9-12H2,1-2H3,(H,28,33). The fourth-order valence-electron chi connectivity index (χ4n) is 4.03. The van der Waals surface area contributed by atoms with Crippen molar-refractivity contribution in [1.82, 2.24) is 20.0 Å². The summed E-state index contributed by atoms with van der Waals surface area (Å²) in [7, 11) is 0. The van der Waals surface area contributed by atoms with Crippen LogP contribution in [-0.4, -0.2) is 45.6 Å². The second kappa shape index (κ2) is 9.40. The average molecular weight is 488 g/mol. The molecule has 1 aliphatic heterocycles. The number of furan rings is 1. The number of hydrogen-bond donors (Lipinski definition) is 1. The van der Waals surface area contributed by atoms with Gasteiger partial charge in [0.15, 0.2) is 11.5 Å². The highest BCUT2D eigenvalue weighted by atomic mass is 19.4. The quantitative estimate of drug-likeness (QED) is 0.607. The number of aryl methyl sites for hydroxylation is 2. The van der Waals surface area contributed by atoms with Crippen LogP contribution < -0.4 is 10.7 Å². The second-order valence-electron chi connectivity index (χ2n) is 8.38. The summed E-state index contributed by atoms with van der Waals surface area (Å²) in [4.78, 5) is 39.3. The van der Waals surface area contributed by atoms with E-state index in [1.165, 1.54) is 30.0 Å². The minimum atomic E-state index is -4.64. The molecule has 0 bridgehead atoms. The number of carbonyl (C=O) groups excluding carboxylic acids is 2. The number of nitrogens with zero attached hydrogens (tertiary/aromatic N) is 3. The number of hydrogen-bond acceptors (Lipinski definition) is 5. The molecule has 4 rings (SSSR count). The number of aromatic nitrogens is 2. The molecule has 11 heteroatoms. The number of amides is 2. The highest BCUT2D eigenvalue weighted by molar-refractivity contribution is 5.93. The molecule has 0 radical (unpaired) electrons. The molecule has 1 fully saturated rings. The number of rotatable bonds is 4. The van der Waals surface area contributed by atoms with Crippen molar-refractivity contribution < 1.29 is 27.2 Å². The molecular formula is C24H23F3N4O4. The lowest BCUT2D eigenvalue weighted by Crippen LogP contribution is -2.47. The first kappa shape index (κ1) is 24.2. The maximum Gasteiger partial charge on any atom is 0.418 e. The van der Waals surface area contributed by atoms with Crippen molar-refractivity contribution in [2.24, 2.45) is 0 Å². The summed E-state index contributed by atoms with van der Waals surface area (Å²) >= 11 is 0. The third kappa shape index (κ3) is 5.13. The van der Waals surface area contributed by atoms with E-state index in [4.69, 9.17) is 4.42 Å². The van der Waals surface area contributed by atoms with Crippen molar-refractivity contribution >= 4 is 11.8 Å². The van der Waals surface area contributed by atoms with Crippen LogP contribution >= 0.6 is 0 Å². The number of benzene rings is 1. The van der Waals surface area contributed by atoms with Crippen LogP contribution in [0.5, 0.6) is 0 Å². The van der Waals surface area contributed by atoms with Gasteiger partial charge in [-0.3, -0.25) is 14.4 Å². The van der Waals surface area contributed by atoms with Crippen molar-refractivity contribution in [3.8, 4) is 5.69 Å². The number of piperidine rings is 1. The molecule has 8 nitrogen and oxygen atoms in total. The fourth-order valence-corrected chi connectivity index (χ4v) is 4.03. The van der Waals surface area contributed by atoms with Gasteiger partial charge < -0.3 is 14.6 Å². The average Bonchev–Trinajstić information content (AvgIpc) is 3.25. The number of para-hydroxylation sites is 1. The topological polar surface area (TPSA) is 97.4 Å². The fraction of sp³-hybridized carbons (Fsp3) is 0.333. The first-order chi connectivity index (χ1) is 16.5. The van der Waals surface area contributed by atoms with Gasteiger partial charge in [0.25, 0.3) is 11.8 Å². The smallest absolute Gasteiger partial charge is 0.418 e. The number of carbonyl (C=O) groups is 2. The number of likely N-dealkylation sites (tertiary alicyclic amines) is 1. The third-order valence-corrected chi connectivity index (χ3v) is 5.83. The van der Waals surface area contributed by atoms with Gasteiger partial charge in [0, 0.05) is 30.9 Å². The van der Waals surface area contributed by atoms with Crippen LogP contribution in [-0.2, 0) is 6.18 Å². The van der Waals surface area contributed by atoms with Gasteiger partial charge in [-0.15, -0.1) is 0 Å². The largest absolute Gasteiger partial charge is 0.456 e. The molecule has 1 saturated heterocycles. The minimum Gasteiger partial charge on any atom is -0.456 e. The zero-order chi connectivity index (χ0) is 25.3. The van der Waals surface area contributed by atoms with Crippen LogP contribution in [0.4, 0.5) is 13.2 Å². The van der Waals surface area contributed by atoms with Crippen molar-refractivity contribution in [2.75, 3.05) is 13.1 Å². The normalized spacial score (nSPS) is 14.7. The lowest BCUT2D eigenvalue weighted by molar-refractivity contribution is -0.137. The van der Waals surface area contributed by atoms with E-state index >= 15 is 0 Å². The number of alkyl halides is 3. The molecule has 0 unspecified atom stereocenters. The Labute approximate surface area is 198 Å². The van der Waals surface area contributed by atoms with Gasteiger partial charge in [-0.25, -0.2) is 4.68 Å². The highest BCUT2D eigenvalue weighted by Crippen LogP contribution is 2.33. The molecule has 1 aliphatic rings. The van der Waals surface area contributed by atoms with E-state index in [0.29, 0.717) is 18.6 Å². The molecule has 3 aromatic rings. The zero-order valence-corrected chi connectivity index (χ0v) is 19.1. The van der Waals surface area contributed by atoms with Gasteiger partial charge in [0.1, 0.15) is 5.76 Å². The predicted octanol–water partition coefficient (Wildman–Crippen LogP) is 3.50. The summed E-state index contributed by atoms with van der Waals surface area (Å²) in [6, 6.07) is 9.00. The van der Waals surface area contributed by atoms with Gasteiger partial charge in [0.05, 0.1) is 11.3 Å². The summed E-state index contributed by atoms with van der Waals surface area (Å²) < 4.78 is 46.8. The summed E-state index contributed by atoms with van der Waals surface area (Å²) in [5.41, 5.74) is -2.17. The Bertz CT molecular complexity index is 1320. The number of halogens is 3. The molecule has 1 aromatic carbocycles. The molecule has 3 heterocycles. The van der Waals surface area contributed by atoms with Crippen molar-refractivity contribution in [3.05, 3.63) is 81.2 Å². The Kier molecular flexibility index (Phi) is 6.51. The summed E-state index contributed by atoms with van der Waals surface area (Å²) in [5.74, 6) is -0.205. The maximum atomic E-state index is 13.5. The first-order valence-electron chi connectivity index (χ1n) is 11.0. The Morgan fingerprint density at radius 2 is 1.77 bits per heavy atom. The van der Waals surface area contributed by atoms with Crippen molar-refractivity contribution in [3.63, 3.8) is 0 Å². The Balaban J connectivity index is 1.51. The summed E-state index contributed by atoms with van der Waals surface area (Å²) in [6.07, 6.45) is -3.76. The molecule has 0 saturated carbocycles. The Morgan fingerprint density at radius 3 is 2.40 bits per heavy atom. The van der Waals surface area contributed by atoms with E-state index in [0.717, 1.165) is 16.8 Å². The molecule has 184 valence electrons. The monoisotopic (exact) mass is 488 g/mol. The van der Waals surface area contributed by atoms with Crippen molar-refractivity contribution in [1.29, 1.82) is 0 Å². The van der Waals surface area contributed by atoms with Crippen LogP contribution in [0, 0.1) is 13.8 Å². The van der Waals surface area contributed by atoms with Gasteiger partial charge in [0.2, 0.25) is 5.43 Å². The van der Waals surface area contributed by atoms with E-state index in [1.54, 1.807) is 19.1 Å². The molecule has 0 spiro atoms. The van der Waals surface area contributed by atoms with Crippen LogP contribution in [0.1, 0.15) is 50.9 Å². The van der Waals surface area contributed by atoms with E-state index in [-0.39, 0.29) is 42.2 Å². The summed E-state index contributed by atoms with van der Waals surface area (Å²) in [5, 5.41) is 6.89. The van der Waals surface area contributed by atoms with Gasteiger partial charge in [-0.1, -0.05) is 12.1 Å². The SMILES string of the molecule is Cc1ccc(C(=O)NC2CCN(C(=O)c3nn(-c4ccccc4C(F)(F)F)c(C)cc3=O)CC2)o1. The van der Waals surface area contributed by atoms with E-state index in [9.17, 15) is 27.6 Å². The van der Waals surface area contributed by atoms with Crippen LogP contribution in [0.15, 0.2) is 51.7 Å². The van der Waals surface area contributed by atoms with E-state index < -0.39 is 28.8 Å². The second-order valence-corrected chi connectivity index (χ2v) is 8.38. The van der Waals surface area contributed by atoms with Crippen LogP contribution in [0.25, 0.3) is 5.69 Å². The predicted molar refractivity (Wildman–Crippen MR) is 119 cm³/mol. The molecule has 2 amide bonds. The molecule has 0 aliphatic carbocycles. The van der Waals surface area contributed by atoms with Gasteiger partial charge in [-0.2, -0.15) is 18.3 Å². The van der Waals surface area contributed by atoms with E-state index in [2.05, 4.69) is 10.4 Å². The number of nitrogens with one attached hydrogen (secondary N) is 1. The highest BCUT2D eigenvalue weighted by Gasteiger charge is 2.34. The third-order valence-electron chi connectivity index (χ3n) is 5.83. The Morgan fingerprint density at radius 1 is 1.09 bits per heavy atom. The lowest BCUT2D eigenvalue weighted by Gasteiger charge is -2.32. The molecule has 1 N–H and O–H groups in total. The van der Waals surface area contributed by atoms with Crippen molar-refractivity contribution in [2.45, 2.75) is 38.9 Å². The van der Waals surface area contributed by atoms with Crippen LogP contribution in [0.2, 0.25) is 0 Å². The molecule has 2 aromatic heterocycles. The summed E-state index contributed by atoms with van der Waals surface area (Å²) in [6.45, 7) is 3.67. The molecular weight excluding hydrogens is 465 g/mol.